The third-order valence-electron chi connectivity index (χ3n) is 4.94. The monoisotopic (exact) mass is 298 g/mol. The van der Waals surface area contributed by atoms with Crippen molar-refractivity contribution in [2.45, 2.75) is 33.1 Å². The second-order valence-electron chi connectivity index (χ2n) is 6.94. The number of rotatable bonds is 2. The summed E-state index contributed by atoms with van der Waals surface area (Å²) in [5, 5.41) is 2.65. The Morgan fingerprint density at radius 1 is 0.826 bits per heavy atom. The molecule has 0 saturated heterocycles. The summed E-state index contributed by atoms with van der Waals surface area (Å²) in [6, 6.07) is 20.0. The molecule has 23 heavy (non-hydrogen) atoms. The van der Waals surface area contributed by atoms with Crippen molar-refractivity contribution in [3.63, 3.8) is 0 Å². The van der Waals surface area contributed by atoms with Gasteiger partial charge in [0.05, 0.1) is 0 Å². The van der Waals surface area contributed by atoms with Crippen LogP contribution >= 0.6 is 0 Å². The number of allylic oxidation sites excluding steroid dienone is 1. The molecule has 3 aromatic carbocycles. The fourth-order valence-corrected chi connectivity index (χ4v) is 3.86. The molecule has 0 atom stereocenters. The van der Waals surface area contributed by atoms with Crippen molar-refractivity contribution in [2.75, 3.05) is 0 Å². The van der Waals surface area contributed by atoms with E-state index in [0.717, 1.165) is 6.42 Å². The average Bonchev–Trinajstić information content (AvgIpc) is 2.94. The van der Waals surface area contributed by atoms with Crippen molar-refractivity contribution in [3.05, 3.63) is 76.9 Å². The molecule has 0 saturated carbocycles. The van der Waals surface area contributed by atoms with Gasteiger partial charge in [-0.05, 0) is 57.9 Å². The first-order valence-corrected chi connectivity index (χ1v) is 8.46. The maximum absolute atomic E-state index is 2.39. The summed E-state index contributed by atoms with van der Waals surface area (Å²) >= 11 is 0. The minimum Gasteiger partial charge on any atom is -0.0683 e. The van der Waals surface area contributed by atoms with E-state index in [2.05, 4.69) is 81.4 Å². The molecule has 1 aliphatic carbocycles. The van der Waals surface area contributed by atoms with Crippen LogP contribution in [-0.4, -0.2) is 0 Å². The van der Waals surface area contributed by atoms with Crippen molar-refractivity contribution in [1.82, 2.24) is 0 Å². The van der Waals surface area contributed by atoms with Gasteiger partial charge in [0, 0.05) is 0 Å². The van der Waals surface area contributed by atoms with Crippen molar-refractivity contribution < 1.29 is 0 Å². The van der Waals surface area contributed by atoms with Gasteiger partial charge in [-0.15, -0.1) is 0 Å². The summed E-state index contributed by atoms with van der Waals surface area (Å²) in [7, 11) is 0. The van der Waals surface area contributed by atoms with E-state index < -0.39 is 0 Å². The Labute approximate surface area is 138 Å². The third-order valence-corrected chi connectivity index (χ3v) is 4.94. The Balaban J connectivity index is 2.02. The van der Waals surface area contributed by atoms with Crippen LogP contribution in [0, 0.1) is 0 Å². The molecule has 0 heterocycles. The van der Waals surface area contributed by atoms with Crippen LogP contribution < -0.4 is 0 Å². The lowest BCUT2D eigenvalue weighted by Gasteiger charge is -2.17. The number of fused-ring (bicyclic) bond motifs is 2. The zero-order valence-electron chi connectivity index (χ0n) is 14.1. The molecular formula is C23H22. The molecule has 0 heteroatoms. The highest BCUT2D eigenvalue weighted by Gasteiger charge is 2.20. The predicted octanol–water partition coefficient (Wildman–Crippen LogP) is 6.59. The highest BCUT2D eigenvalue weighted by Crippen LogP contribution is 2.40. The topological polar surface area (TPSA) is 0 Å². The molecule has 3 aromatic rings. The Hall–Kier alpha value is -2.34. The van der Waals surface area contributed by atoms with Gasteiger partial charge in [0.25, 0.3) is 0 Å². The standard InChI is InChI=1S/C23H22/c1-15(2)18-11-12-21(23-14-16(3)13-22(18)23)20-10-6-8-17-7-4-5-9-19(17)20/h4-12,14-15H,13H2,1-3H3. The Morgan fingerprint density at radius 3 is 2.43 bits per heavy atom. The summed E-state index contributed by atoms with van der Waals surface area (Å²) < 4.78 is 0. The van der Waals surface area contributed by atoms with Crippen LogP contribution in [-0.2, 0) is 6.42 Å². The maximum atomic E-state index is 2.39. The molecule has 0 nitrogen and oxygen atoms in total. The van der Waals surface area contributed by atoms with Crippen molar-refractivity contribution >= 4 is 16.8 Å². The van der Waals surface area contributed by atoms with Crippen LogP contribution in [0.3, 0.4) is 0 Å². The van der Waals surface area contributed by atoms with Crippen molar-refractivity contribution in [1.29, 1.82) is 0 Å². The van der Waals surface area contributed by atoms with Crippen molar-refractivity contribution in [2.24, 2.45) is 0 Å². The van der Waals surface area contributed by atoms with E-state index in [9.17, 15) is 0 Å². The molecule has 0 bridgehead atoms. The summed E-state index contributed by atoms with van der Waals surface area (Å²) in [5.74, 6) is 0.574. The largest absolute Gasteiger partial charge is 0.0683 e. The van der Waals surface area contributed by atoms with E-state index in [1.54, 1.807) is 0 Å². The molecule has 0 radical (unpaired) electrons. The van der Waals surface area contributed by atoms with Crippen LogP contribution in [0.5, 0.6) is 0 Å². The zero-order chi connectivity index (χ0) is 16.0. The molecule has 1 aliphatic rings. The van der Waals surface area contributed by atoms with E-state index in [1.165, 1.54) is 44.2 Å². The van der Waals surface area contributed by atoms with Gasteiger partial charge >= 0.3 is 0 Å². The number of hydrogen-bond acceptors (Lipinski definition) is 0. The van der Waals surface area contributed by atoms with E-state index >= 15 is 0 Å². The second kappa shape index (κ2) is 5.38. The molecule has 4 rings (SSSR count). The van der Waals surface area contributed by atoms with E-state index in [4.69, 9.17) is 0 Å². The minimum absolute atomic E-state index is 0.574. The summed E-state index contributed by atoms with van der Waals surface area (Å²) in [6.45, 7) is 6.83. The van der Waals surface area contributed by atoms with Gasteiger partial charge < -0.3 is 0 Å². The van der Waals surface area contributed by atoms with Crippen LogP contribution in [0.25, 0.3) is 28.0 Å². The fraction of sp³-hybridized carbons (Fsp3) is 0.217. The van der Waals surface area contributed by atoms with Gasteiger partial charge in [0.2, 0.25) is 0 Å². The summed E-state index contributed by atoms with van der Waals surface area (Å²) in [4.78, 5) is 0. The molecule has 0 spiro atoms. The molecule has 0 N–H and O–H groups in total. The van der Waals surface area contributed by atoms with Gasteiger partial charge in [0.1, 0.15) is 0 Å². The molecular weight excluding hydrogens is 276 g/mol. The molecule has 114 valence electrons. The van der Waals surface area contributed by atoms with Gasteiger partial charge in [0.15, 0.2) is 0 Å². The predicted molar refractivity (Wildman–Crippen MR) is 101 cm³/mol. The zero-order valence-corrected chi connectivity index (χ0v) is 14.1. The average molecular weight is 298 g/mol. The molecule has 0 aliphatic heterocycles. The fourth-order valence-electron chi connectivity index (χ4n) is 3.86. The lowest BCUT2D eigenvalue weighted by molar-refractivity contribution is 0.849. The molecule has 0 fully saturated rings. The minimum atomic E-state index is 0.574. The van der Waals surface area contributed by atoms with Crippen LogP contribution in [0.4, 0.5) is 0 Å². The Morgan fingerprint density at radius 2 is 1.61 bits per heavy atom. The second-order valence-corrected chi connectivity index (χ2v) is 6.94. The van der Waals surface area contributed by atoms with E-state index in [-0.39, 0.29) is 0 Å². The van der Waals surface area contributed by atoms with E-state index in [0.29, 0.717) is 5.92 Å². The van der Waals surface area contributed by atoms with Crippen LogP contribution in [0.15, 0.2) is 60.2 Å². The quantitative estimate of drug-likeness (QED) is 0.500. The Bertz CT molecular complexity index is 921. The Kier molecular flexibility index (Phi) is 3.34. The highest BCUT2D eigenvalue weighted by molar-refractivity contribution is 5.99. The van der Waals surface area contributed by atoms with Gasteiger partial charge in [-0.1, -0.05) is 80.1 Å². The summed E-state index contributed by atoms with van der Waals surface area (Å²) in [6.07, 6.45) is 3.49. The first-order chi connectivity index (χ1) is 11.1. The first kappa shape index (κ1) is 14.3. The number of hydrogen-bond donors (Lipinski definition) is 0. The van der Waals surface area contributed by atoms with Crippen LogP contribution in [0.2, 0.25) is 0 Å². The first-order valence-electron chi connectivity index (χ1n) is 8.46. The maximum Gasteiger partial charge on any atom is -0.00575 e. The van der Waals surface area contributed by atoms with Gasteiger partial charge in [-0.3, -0.25) is 0 Å². The normalized spacial score (nSPS) is 13.5. The SMILES string of the molecule is CC1=Cc2c(-c3cccc4ccccc34)ccc(C(C)C)c2C1. The number of benzene rings is 3. The smallest absolute Gasteiger partial charge is 0.00575 e. The van der Waals surface area contributed by atoms with Crippen molar-refractivity contribution in [3.8, 4) is 11.1 Å². The summed E-state index contributed by atoms with van der Waals surface area (Å²) in [5.41, 5.74) is 8.65. The molecule has 0 amide bonds. The lowest BCUT2D eigenvalue weighted by atomic mass is 9.87. The highest BCUT2D eigenvalue weighted by atomic mass is 14.2. The molecule has 0 aromatic heterocycles. The van der Waals surface area contributed by atoms with Gasteiger partial charge in [-0.25, -0.2) is 0 Å². The van der Waals surface area contributed by atoms with Crippen LogP contribution in [0.1, 0.15) is 43.4 Å². The van der Waals surface area contributed by atoms with E-state index in [1.807, 2.05) is 0 Å². The molecule has 0 unspecified atom stereocenters. The third kappa shape index (κ3) is 2.30. The van der Waals surface area contributed by atoms with Gasteiger partial charge in [-0.2, -0.15) is 0 Å². The lowest BCUT2D eigenvalue weighted by Crippen LogP contribution is -1.98.